The van der Waals surface area contributed by atoms with E-state index in [4.69, 9.17) is 11.6 Å². The first-order valence-electron chi connectivity index (χ1n) is 8.62. The van der Waals surface area contributed by atoms with Crippen LogP contribution >= 0.6 is 23.4 Å². The molecule has 0 radical (unpaired) electrons. The molecule has 2 aromatic heterocycles. The summed E-state index contributed by atoms with van der Waals surface area (Å²) in [5.74, 6) is -0.521. The summed E-state index contributed by atoms with van der Waals surface area (Å²) < 4.78 is 38.4. The Morgan fingerprint density at radius 3 is 2.50 bits per heavy atom. The van der Waals surface area contributed by atoms with Crippen molar-refractivity contribution in [1.82, 2.24) is 15.4 Å². The first-order chi connectivity index (χ1) is 14.1. The number of pyridine rings is 2. The van der Waals surface area contributed by atoms with Crippen LogP contribution in [0.15, 0.2) is 64.8 Å². The van der Waals surface area contributed by atoms with Crippen LogP contribution in [0.5, 0.6) is 0 Å². The van der Waals surface area contributed by atoms with Gasteiger partial charge in [0.25, 0.3) is 5.91 Å². The predicted octanol–water partition coefficient (Wildman–Crippen LogP) is 5.39. The van der Waals surface area contributed by atoms with E-state index in [-0.39, 0.29) is 10.8 Å². The highest BCUT2D eigenvalue weighted by molar-refractivity contribution is 7.99. The van der Waals surface area contributed by atoms with Crippen molar-refractivity contribution in [2.45, 2.75) is 23.0 Å². The fourth-order valence-corrected chi connectivity index (χ4v) is 3.63. The molecule has 0 fully saturated rings. The number of amides is 1. The SMILES string of the molecule is Cc1ccc(Sc2ncccc2C(=O)NN(C)c2ncc(C(F)(F)F)cc2Cl)cc1. The minimum absolute atomic E-state index is 0.0188. The van der Waals surface area contributed by atoms with E-state index >= 15 is 0 Å². The Balaban J connectivity index is 1.78. The van der Waals surface area contributed by atoms with Gasteiger partial charge >= 0.3 is 6.18 Å². The quantitative estimate of drug-likeness (QED) is 0.526. The van der Waals surface area contributed by atoms with E-state index in [2.05, 4.69) is 15.4 Å². The molecular weight excluding hydrogens is 437 g/mol. The monoisotopic (exact) mass is 452 g/mol. The van der Waals surface area contributed by atoms with E-state index in [1.54, 1.807) is 18.3 Å². The summed E-state index contributed by atoms with van der Waals surface area (Å²) in [6, 6.07) is 11.7. The lowest BCUT2D eigenvalue weighted by Gasteiger charge is -2.21. The fourth-order valence-electron chi connectivity index (χ4n) is 2.46. The Morgan fingerprint density at radius 1 is 1.17 bits per heavy atom. The van der Waals surface area contributed by atoms with Crippen LogP contribution in [0, 0.1) is 6.92 Å². The van der Waals surface area contributed by atoms with Crippen LogP contribution in [0.2, 0.25) is 5.02 Å². The van der Waals surface area contributed by atoms with Crippen molar-refractivity contribution in [3.63, 3.8) is 0 Å². The number of hydrazine groups is 1. The highest BCUT2D eigenvalue weighted by Gasteiger charge is 2.32. The van der Waals surface area contributed by atoms with Gasteiger partial charge in [0.1, 0.15) is 5.03 Å². The van der Waals surface area contributed by atoms with Crippen LogP contribution in [-0.4, -0.2) is 22.9 Å². The second kappa shape index (κ2) is 8.93. The molecule has 156 valence electrons. The number of nitrogens with zero attached hydrogens (tertiary/aromatic N) is 3. The van der Waals surface area contributed by atoms with Crippen molar-refractivity contribution < 1.29 is 18.0 Å². The largest absolute Gasteiger partial charge is 0.417 e. The van der Waals surface area contributed by atoms with Crippen molar-refractivity contribution in [1.29, 1.82) is 0 Å². The molecule has 1 N–H and O–H groups in total. The lowest BCUT2D eigenvalue weighted by Crippen LogP contribution is -2.40. The maximum Gasteiger partial charge on any atom is 0.417 e. The molecule has 3 aromatic rings. The Hall–Kier alpha value is -2.78. The summed E-state index contributed by atoms with van der Waals surface area (Å²) >= 11 is 7.26. The number of halogens is 4. The lowest BCUT2D eigenvalue weighted by molar-refractivity contribution is -0.137. The number of rotatable bonds is 5. The Bertz CT molecular complexity index is 1060. The number of aromatic nitrogens is 2. The number of hydrogen-bond acceptors (Lipinski definition) is 5. The smallest absolute Gasteiger partial charge is 0.270 e. The molecule has 30 heavy (non-hydrogen) atoms. The molecule has 0 aliphatic rings. The summed E-state index contributed by atoms with van der Waals surface area (Å²) in [6.45, 7) is 1.98. The molecule has 1 amide bonds. The molecule has 0 atom stereocenters. The standard InChI is InChI=1S/C20H16ClF3N4OS/c1-12-5-7-14(8-6-12)30-19-15(4-3-9-25-19)18(29)27-28(2)17-16(21)10-13(11-26-17)20(22,23)24/h3-11H,1-2H3,(H,27,29). The summed E-state index contributed by atoms with van der Waals surface area (Å²) in [6.07, 6.45) is -2.33. The van der Waals surface area contributed by atoms with Crippen LogP contribution in [0.4, 0.5) is 19.0 Å². The maximum atomic E-state index is 12.8. The van der Waals surface area contributed by atoms with Crippen molar-refractivity contribution in [3.8, 4) is 0 Å². The molecule has 0 aliphatic carbocycles. The molecule has 2 heterocycles. The van der Waals surface area contributed by atoms with Crippen molar-refractivity contribution in [2.75, 3.05) is 12.1 Å². The average molecular weight is 453 g/mol. The maximum absolute atomic E-state index is 12.8. The second-order valence-electron chi connectivity index (χ2n) is 6.30. The molecule has 0 saturated heterocycles. The third kappa shape index (κ3) is 5.22. The number of benzene rings is 1. The molecule has 0 spiro atoms. The highest BCUT2D eigenvalue weighted by atomic mass is 35.5. The molecule has 0 bridgehead atoms. The molecule has 3 rings (SSSR count). The Kier molecular flexibility index (Phi) is 6.52. The normalized spacial score (nSPS) is 11.3. The van der Waals surface area contributed by atoms with Gasteiger partial charge in [-0.3, -0.25) is 15.2 Å². The summed E-state index contributed by atoms with van der Waals surface area (Å²) in [7, 11) is 1.43. The van der Waals surface area contributed by atoms with E-state index < -0.39 is 17.6 Å². The van der Waals surface area contributed by atoms with Crippen molar-refractivity contribution in [2.24, 2.45) is 0 Å². The van der Waals surface area contributed by atoms with Gasteiger partial charge in [0.05, 0.1) is 16.1 Å². The Labute approximate surface area is 180 Å². The second-order valence-corrected chi connectivity index (χ2v) is 7.77. The van der Waals surface area contributed by atoms with Crippen molar-refractivity contribution >= 4 is 35.1 Å². The van der Waals surface area contributed by atoms with E-state index in [9.17, 15) is 18.0 Å². The van der Waals surface area contributed by atoms with Crippen LogP contribution in [0.3, 0.4) is 0 Å². The molecule has 1 aromatic carbocycles. The van der Waals surface area contributed by atoms with E-state index in [0.717, 1.165) is 21.5 Å². The van der Waals surface area contributed by atoms with Gasteiger partial charge in [0.2, 0.25) is 0 Å². The molecule has 0 aliphatic heterocycles. The molecule has 5 nitrogen and oxygen atoms in total. The number of carbonyl (C=O) groups is 1. The number of anilines is 1. The number of nitrogens with one attached hydrogen (secondary N) is 1. The summed E-state index contributed by atoms with van der Waals surface area (Å²) in [4.78, 5) is 21.7. The zero-order valence-corrected chi connectivity index (χ0v) is 17.4. The van der Waals surface area contributed by atoms with E-state index in [1.807, 2.05) is 31.2 Å². The van der Waals surface area contributed by atoms with Gasteiger partial charge in [-0.15, -0.1) is 0 Å². The number of alkyl halides is 3. The van der Waals surface area contributed by atoms with Gasteiger partial charge in [-0.1, -0.05) is 41.1 Å². The zero-order valence-electron chi connectivity index (χ0n) is 15.9. The molecule has 0 saturated carbocycles. The third-order valence-corrected chi connectivity index (χ3v) is 5.29. The third-order valence-electron chi connectivity index (χ3n) is 3.99. The molecular formula is C20H16ClF3N4OS. The topological polar surface area (TPSA) is 58.1 Å². The van der Waals surface area contributed by atoms with Gasteiger partial charge in [-0.25, -0.2) is 9.97 Å². The minimum Gasteiger partial charge on any atom is -0.270 e. The van der Waals surface area contributed by atoms with Crippen LogP contribution in [0.1, 0.15) is 21.5 Å². The van der Waals surface area contributed by atoms with Gasteiger partial charge in [0, 0.05) is 24.3 Å². The fraction of sp³-hybridized carbons (Fsp3) is 0.150. The number of aryl methyl sites for hydroxylation is 1. The van der Waals surface area contributed by atoms with Crippen molar-refractivity contribution in [3.05, 3.63) is 76.6 Å². The minimum atomic E-state index is -4.56. The van der Waals surface area contributed by atoms with Gasteiger partial charge in [0.15, 0.2) is 5.82 Å². The Morgan fingerprint density at radius 2 is 1.87 bits per heavy atom. The van der Waals surface area contributed by atoms with Gasteiger partial charge in [-0.05, 0) is 37.3 Å². The first kappa shape index (κ1) is 21.9. The average Bonchev–Trinajstić information content (AvgIpc) is 2.69. The highest BCUT2D eigenvalue weighted by Crippen LogP contribution is 2.33. The van der Waals surface area contributed by atoms with Gasteiger partial charge < -0.3 is 0 Å². The predicted molar refractivity (Wildman–Crippen MR) is 110 cm³/mol. The van der Waals surface area contributed by atoms with Gasteiger partial charge in [-0.2, -0.15) is 13.2 Å². The van der Waals surface area contributed by atoms with E-state index in [1.165, 1.54) is 18.8 Å². The van der Waals surface area contributed by atoms with E-state index in [0.29, 0.717) is 16.8 Å². The first-order valence-corrected chi connectivity index (χ1v) is 9.81. The summed E-state index contributed by atoms with van der Waals surface area (Å²) in [5.41, 5.74) is 3.00. The van der Waals surface area contributed by atoms with Crippen LogP contribution < -0.4 is 10.4 Å². The summed E-state index contributed by atoms with van der Waals surface area (Å²) in [5, 5.41) is 1.41. The number of hydrogen-bond donors (Lipinski definition) is 1. The number of carbonyl (C=O) groups excluding carboxylic acids is 1. The zero-order chi connectivity index (χ0) is 21.9. The van der Waals surface area contributed by atoms with Crippen LogP contribution in [0.25, 0.3) is 0 Å². The molecule has 0 unspecified atom stereocenters. The lowest BCUT2D eigenvalue weighted by atomic mass is 10.2. The van der Waals surface area contributed by atoms with Crippen LogP contribution in [-0.2, 0) is 6.18 Å². The molecule has 10 heteroatoms.